The lowest BCUT2D eigenvalue weighted by molar-refractivity contribution is -0.400. The van der Waals surface area contributed by atoms with Gasteiger partial charge in [0.2, 0.25) is 0 Å². The molecule has 35 atom stereocenters. The van der Waals surface area contributed by atoms with E-state index in [0.717, 1.165) is 0 Å². The molecule has 21 fully saturated rings. The first-order chi connectivity index (χ1) is 44.4. The van der Waals surface area contributed by atoms with Crippen LogP contribution in [0.4, 0.5) is 0 Å². The lowest BCUT2D eigenvalue weighted by Crippen LogP contribution is -2.69. The molecule has 0 aromatic carbocycles. The third-order valence-electron chi connectivity index (χ3n) is 17.6. The summed E-state index contributed by atoms with van der Waals surface area (Å²) in [6.07, 6.45) is -50.9. The predicted molar refractivity (Wildman–Crippen MR) is 298 cm³/mol. The average molecular weight is 1340 g/mol. The number of aliphatic hydroxyl groups excluding tert-OH is 7. The van der Waals surface area contributed by atoms with Crippen LogP contribution < -0.4 is 0 Å². The van der Waals surface area contributed by atoms with E-state index in [1.807, 2.05) is 0 Å². The molecule has 0 spiro atoms. The minimum absolute atomic E-state index is 0.238. The quantitative estimate of drug-likeness (QED) is 0.0320. The van der Waals surface area contributed by atoms with Crippen molar-refractivity contribution in [2.75, 3.05) is 139 Å². The number of ether oxygens (including phenoxy) is 27. The zero-order chi connectivity index (χ0) is 66.7. The monoisotopic (exact) mass is 1340 g/mol. The summed E-state index contributed by atoms with van der Waals surface area (Å²) in [7, 11) is 17.1. The van der Waals surface area contributed by atoms with Crippen molar-refractivity contribution in [3.63, 3.8) is 0 Å². The van der Waals surface area contributed by atoms with Gasteiger partial charge in [0.1, 0.15) is 165 Å². The van der Waals surface area contributed by atoms with Gasteiger partial charge in [0.05, 0.1) is 52.3 Å². The van der Waals surface area contributed by atoms with E-state index < -0.39 is 221 Å². The Bertz CT molecular complexity index is 2190. The second-order valence-electron chi connectivity index (χ2n) is 23.0. The van der Waals surface area contributed by atoms with Gasteiger partial charge in [-0.1, -0.05) is 5.11 Å². The van der Waals surface area contributed by atoms with E-state index in [1.165, 1.54) is 92.4 Å². The summed E-state index contributed by atoms with van der Waals surface area (Å²) in [6, 6.07) is 0. The Labute approximate surface area is 531 Å². The molecule has 21 heterocycles. The van der Waals surface area contributed by atoms with Gasteiger partial charge in [0, 0.05) is 97.3 Å². The Morgan fingerprint density at radius 2 is 0.413 bits per heavy atom. The summed E-state index contributed by atoms with van der Waals surface area (Å²) in [5.74, 6) is 0. The van der Waals surface area contributed by atoms with Crippen molar-refractivity contribution in [2.24, 2.45) is 5.11 Å². The van der Waals surface area contributed by atoms with Crippen LogP contribution in [-0.4, -0.2) is 389 Å². The molecular weight excluding hydrogens is 1250 g/mol. The third-order valence-corrected chi connectivity index (χ3v) is 17.6. The van der Waals surface area contributed by atoms with E-state index >= 15 is 0 Å². The average Bonchev–Trinajstić information content (AvgIpc) is 0.805. The van der Waals surface area contributed by atoms with Crippen LogP contribution in [0.15, 0.2) is 5.11 Å². The van der Waals surface area contributed by atoms with Crippen LogP contribution in [0.2, 0.25) is 0 Å². The smallest absolute Gasteiger partial charge is 0.187 e. The first-order valence-corrected chi connectivity index (χ1v) is 30.0. The van der Waals surface area contributed by atoms with E-state index in [0.29, 0.717) is 0 Å². The molecule has 0 saturated carbocycles. The van der Waals surface area contributed by atoms with Crippen LogP contribution in [-0.2, 0) is 128 Å². The SMILES string of the molecule is COC[C@H]1O[C@@H]2O[C@H]3[C@H](O)[C@@H](OC)[C@@H](O[C@H]4[C@H](O)[C@@H](OC)[C@@H](O[C@H]5[C@H](O)[C@@H](OC)[C@@H](O[C@H]6[C@H](O)[C@@H](OC)[C@@H](O[C@H]7[C@H](O)[C@@H](OC)[C@@H](O[C@H]8[C@H](O)[C@@H](OC)[C@@H](O[C@H]1[C@H](O)[C@H]2OC)O[C@@H]8CN=[N+]=[N-])O[C@@H]7COC)O[C@@H]6COC)O[C@@H]5COC)O[C@@H]4COC)O[C@@H]3COC. The molecule has 534 valence electrons. The fraction of sp³-hybridized carbons (Fsp3) is 1.00. The van der Waals surface area contributed by atoms with Crippen LogP contribution in [0.1, 0.15) is 0 Å². The van der Waals surface area contributed by atoms with Gasteiger partial charge in [-0.05, 0) is 5.53 Å². The van der Waals surface area contributed by atoms with Crippen molar-refractivity contribution in [3.8, 4) is 0 Å². The molecular formula is C55H95N3O34. The normalized spacial score (nSPS) is 48.2. The molecule has 0 aliphatic carbocycles. The summed E-state index contributed by atoms with van der Waals surface area (Å²) in [6.45, 7) is -2.00. The predicted octanol–water partition coefficient (Wildman–Crippen LogP) is -5.41. The molecule has 0 aromatic rings. The fourth-order valence-corrected chi connectivity index (χ4v) is 13.1. The standard InChI is InChI=1S/C55H95N3O34/c1-66-15-22-36-29(60)44(74-9)51(81-22)89-38-24(17-68-3)83-53(46(76-11)31(38)62)91-40-26(19-70-5)85-55(48(78-13)33(40)64)92-41-27(20-71-6)84-54(47(77-12)34(41)65)90-39-25(18-69-4)82-52(45(75-10)32(39)63)88-37-23(16-67-2)80-50(43(73-8)30(37)61)86-35-21(14-57-58-56)79-49(87-36)42(72-7)28(35)59/h21-55,59-65H,14-20H2,1-13H3/t21-,22-,23-,24-,25-,26-,27-,28+,29+,30+,31+,32+,33+,34+,35-,36-,37-,38-,39-,40-,41-,42-,43-,44-,45-,46-,47-,48-,49-,50-,51-,52-,53-,54-,55-/m1/s1. The van der Waals surface area contributed by atoms with Gasteiger partial charge in [-0.15, -0.1) is 0 Å². The highest BCUT2D eigenvalue weighted by molar-refractivity contribution is 5.03. The highest BCUT2D eigenvalue weighted by Crippen LogP contribution is 2.41. The molecule has 37 heteroatoms. The Balaban J connectivity index is 1.18. The van der Waals surface area contributed by atoms with E-state index in [9.17, 15) is 41.3 Å². The Morgan fingerprint density at radius 3 is 0.554 bits per heavy atom. The van der Waals surface area contributed by atoms with Crippen molar-refractivity contribution in [3.05, 3.63) is 10.4 Å². The summed E-state index contributed by atoms with van der Waals surface area (Å²) in [4.78, 5) is 2.90. The van der Waals surface area contributed by atoms with Gasteiger partial charge in [-0.3, -0.25) is 0 Å². The zero-order valence-corrected chi connectivity index (χ0v) is 53.7. The number of methoxy groups -OCH3 is 13. The minimum Gasteiger partial charge on any atom is -0.387 e. The van der Waals surface area contributed by atoms with Crippen molar-refractivity contribution in [1.82, 2.24) is 0 Å². The topological polar surface area (TPSA) is 440 Å². The molecule has 0 unspecified atom stereocenters. The van der Waals surface area contributed by atoms with Crippen LogP contribution >= 0.6 is 0 Å². The third kappa shape index (κ3) is 16.3. The molecule has 21 rings (SSSR count). The molecule has 0 radical (unpaired) electrons. The zero-order valence-electron chi connectivity index (χ0n) is 53.7. The van der Waals surface area contributed by atoms with Crippen molar-refractivity contribution >= 4 is 0 Å². The van der Waals surface area contributed by atoms with E-state index in [1.54, 1.807) is 0 Å². The maximum Gasteiger partial charge on any atom is 0.187 e. The first-order valence-electron chi connectivity index (χ1n) is 30.0. The molecule has 7 N–H and O–H groups in total. The summed E-state index contributed by atoms with van der Waals surface area (Å²) in [5.41, 5.74) is 9.58. The molecule has 21 aliphatic heterocycles. The van der Waals surface area contributed by atoms with Crippen LogP contribution in [0.25, 0.3) is 10.4 Å². The Kier molecular flexibility index (Phi) is 29.3. The second-order valence-corrected chi connectivity index (χ2v) is 23.0. The Morgan fingerprint density at radius 1 is 0.261 bits per heavy atom. The number of aliphatic hydroxyl groups is 7. The second kappa shape index (κ2) is 35.6. The highest BCUT2D eigenvalue weighted by atomic mass is 16.8. The fourth-order valence-electron chi connectivity index (χ4n) is 13.1. The maximum absolute atomic E-state index is 12.3. The molecule has 92 heavy (non-hydrogen) atoms. The molecule has 37 nitrogen and oxygen atoms in total. The van der Waals surface area contributed by atoms with Gasteiger partial charge in [-0.2, -0.15) is 0 Å². The molecule has 0 aromatic heterocycles. The number of hydrogen-bond acceptors (Lipinski definition) is 35. The maximum atomic E-state index is 12.3. The van der Waals surface area contributed by atoms with Crippen LogP contribution in [0, 0.1) is 0 Å². The van der Waals surface area contributed by atoms with Gasteiger partial charge in [0.15, 0.2) is 44.0 Å². The molecule has 21 saturated heterocycles. The molecule has 14 bridgehead atoms. The van der Waals surface area contributed by atoms with Gasteiger partial charge in [0.25, 0.3) is 0 Å². The van der Waals surface area contributed by atoms with Crippen molar-refractivity contribution in [2.45, 2.75) is 215 Å². The van der Waals surface area contributed by atoms with Crippen molar-refractivity contribution < 1.29 is 164 Å². The number of azide groups is 1. The van der Waals surface area contributed by atoms with E-state index in [4.69, 9.17) is 128 Å². The van der Waals surface area contributed by atoms with Crippen LogP contribution in [0.5, 0.6) is 0 Å². The van der Waals surface area contributed by atoms with E-state index in [-0.39, 0.29) is 39.6 Å². The number of nitrogens with zero attached hydrogens (tertiary/aromatic N) is 3. The van der Waals surface area contributed by atoms with Crippen molar-refractivity contribution in [1.29, 1.82) is 0 Å². The summed E-state index contributed by atoms with van der Waals surface area (Å²) >= 11 is 0. The largest absolute Gasteiger partial charge is 0.387 e. The van der Waals surface area contributed by atoms with E-state index in [2.05, 4.69) is 10.0 Å². The number of hydrogen-bond donors (Lipinski definition) is 7. The van der Waals surface area contributed by atoms with Gasteiger partial charge < -0.3 is 164 Å². The Hall–Kier alpha value is -2.05. The summed E-state index contributed by atoms with van der Waals surface area (Å²) in [5, 5.41) is 89.9. The molecule has 0 amide bonds. The van der Waals surface area contributed by atoms with Gasteiger partial charge in [-0.25, -0.2) is 0 Å². The first kappa shape index (κ1) is 75.7. The lowest BCUT2D eigenvalue weighted by atomic mass is 9.94. The van der Waals surface area contributed by atoms with Crippen LogP contribution in [0.3, 0.4) is 0 Å². The lowest BCUT2D eigenvalue weighted by Gasteiger charge is -2.51. The molecule has 21 aliphatic rings. The summed E-state index contributed by atoms with van der Waals surface area (Å²) < 4.78 is 165. The number of rotatable bonds is 21. The van der Waals surface area contributed by atoms with Gasteiger partial charge >= 0.3 is 0 Å². The minimum atomic E-state index is -1.73. The highest BCUT2D eigenvalue weighted by Gasteiger charge is 2.61.